The smallest absolute Gasteiger partial charge is 0.0406 e. The largest absolute Gasteiger partial charge is 0.307 e. The average molecular weight is 295 g/mol. The first kappa shape index (κ1) is 15.8. The normalized spacial score (nSPS) is 19.4. The molecule has 0 aromatic heterocycles. The molecular weight excluding hydrogens is 268 g/mol. The maximum Gasteiger partial charge on any atom is 0.0406 e. The van der Waals surface area contributed by atoms with Gasteiger partial charge in [0.05, 0.1) is 0 Å². The molecule has 0 radical (unpaired) electrons. The Morgan fingerprint density at radius 2 is 1.80 bits per heavy atom. The zero-order valence-electron chi connectivity index (χ0n) is 12.9. The van der Waals surface area contributed by atoms with Crippen LogP contribution >= 0.6 is 11.6 Å². The first-order chi connectivity index (χ1) is 9.60. The van der Waals surface area contributed by atoms with Gasteiger partial charge in [-0.15, -0.1) is 0 Å². The van der Waals surface area contributed by atoms with E-state index in [0.29, 0.717) is 18.1 Å². The molecule has 20 heavy (non-hydrogen) atoms. The van der Waals surface area contributed by atoms with Crippen LogP contribution in [-0.4, -0.2) is 30.1 Å². The highest BCUT2D eigenvalue weighted by Gasteiger charge is 2.22. The molecule has 0 spiro atoms. The maximum absolute atomic E-state index is 5.97. The van der Waals surface area contributed by atoms with Crippen molar-refractivity contribution in [1.82, 2.24) is 10.2 Å². The van der Waals surface area contributed by atoms with Gasteiger partial charge in [-0.1, -0.05) is 30.7 Å². The Labute approximate surface area is 128 Å². The summed E-state index contributed by atoms with van der Waals surface area (Å²) in [5.74, 6) is 0. The van der Waals surface area contributed by atoms with Crippen LogP contribution in [0.15, 0.2) is 24.3 Å². The summed E-state index contributed by atoms with van der Waals surface area (Å²) in [5, 5.41) is 4.64. The minimum atomic E-state index is 0.447. The molecule has 0 aliphatic carbocycles. The molecule has 2 nitrogen and oxygen atoms in total. The van der Waals surface area contributed by atoms with Crippen molar-refractivity contribution in [3.8, 4) is 0 Å². The van der Waals surface area contributed by atoms with Gasteiger partial charge in [0.1, 0.15) is 0 Å². The standard InChI is InChI=1S/C17H27ClN2/c1-4-17(14-5-7-15(18)8-6-14)19-16-9-11-20(12-10-16)13(2)3/h5-8,13,16-17,19H,4,9-12H2,1-3H3. The van der Waals surface area contributed by atoms with Gasteiger partial charge in [-0.05, 0) is 63.9 Å². The molecule has 1 saturated heterocycles. The number of hydrogen-bond acceptors (Lipinski definition) is 2. The van der Waals surface area contributed by atoms with Gasteiger partial charge in [0.25, 0.3) is 0 Å². The number of benzene rings is 1. The molecule has 1 aliphatic rings. The van der Waals surface area contributed by atoms with E-state index in [1.54, 1.807) is 0 Å². The number of hydrogen-bond donors (Lipinski definition) is 1. The number of rotatable bonds is 5. The number of nitrogens with one attached hydrogen (secondary N) is 1. The molecule has 112 valence electrons. The van der Waals surface area contributed by atoms with E-state index in [1.807, 2.05) is 12.1 Å². The van der Waals surface area contributed by atoms with Crippen molar-refractivity contribution in [1.29, 1.82) is 0 Å². The van der Waals surface area contributed by atoms with Crippen LogP contribution in [0.1, 0.15) is 51.6 Å². The molecule has 1 aliphatic heterocycles. The van der Waals surface area contributed by atoms with Crippen molar-refractivity contribution in [2.24, 2.45) is 0 Å². The first-order valence-electron chi connectivity index (χ1n) is 7.85. The lowest BCUT2D eigenvalue weighted by Crippen LogP contribution is -2.45. The van der Waals surface area contributed by atoms with Crippen LogP contribution in [0.3, 0.4) is 0 Å². The molecule has 1 heterocycles. The average Bonchev–Trinajstić information content (AvgIpc) is 2.46. The van der Waals surface area contributed by atoms with Gasteiger partial charge in [-0.3, -0.25) is 0 Å². The Kier molecular flexibility index (Phi) is 5.88. The highest BCUT2D eigenvalue weighted by atomic mass is 35.5. The summed E-state index contributed by atoms with van der Waals surface area (Å²) in [6.45, 7) is 9.25. The zero-order valence-corrected chi connectivity index (χ0v) is 13.7. The summed E-state index contributed by atoms with van der Waals surface area (Å²) >= 11 is 5.97. The van der Waals surface area contributed by atoms with E-state index in [-0.39, 0.29) is 0 Å². The quantitative estimate of drug-likeness (QED) is 0.873. The third kappa shape index (κ3) is 4.21. The summed E-state index contributed by atoms with van der Waals surface area (Å²) in [4.78, 5) is 2.57. The van der Waals surface area contributed by atoms with Crippen molar-refractivity contribution < 1.29 is 0 Å². The summed E-state index contributed by atoms with van der Waals surface area (Å²) in [6, 6.07) is 10.0. The maximum atomic E-state index is 5.97. The van der Waals surface area contributed by atoms with E-state index in [4.69, 9.17) is 11.6 Å². The fraction of sp³-hybridized carbons (Fsp3) is 0.647. The molecule has 1 fully saturated rings. The summed E-state index contributed by atoms with van der Waals surface area (Å²) in [7, 11) is 0. The van der Waals surface area contributed by atoms with Gasteiger partial charge in [0.2, 0.25) is 0 Å². The highest BCUT2D eigenvalue weighted by molar-refractivity contribution is 6.30. The van der Waals surface area contributed by atoms with Crippen LogP contribution < -0.4 is 5.32 Å². The van der Waals surface area contributed by atoms with Gasteiger partial charge in [-0.2, -0.15) is 0 Å². The second-order valence-corrected chi connectivity index (χ2v) is 6.52. The van der Waals surface area contributed by atoms with E-state index in [9.17, 15) is 0 Å². The predicted molar refractivity (Wildman–Crippen MR) is 87.4 cm³/mol. The molecule has 0 bridgehead atoms. The van der Waals surface area contributed by atoms with E-state index in [2.05, 4.69) is 43.1 Å². The number of likely N-dealkylation sites (tertiary alicyclic amines) is 1. The van der Waals surface area contributed by atoms with Crippen molar-refractivity contribution in [3.05, 3.63) is 34.9 Å². The molecule has 1 N–H and O–H groups in total. The van der Waals surface area contributed by atoms with Crippen LogP contribution in [-0.2, 0) is 0 Å². The molecule has 0 amide bonds. The van der Waals surface area contributed by atoms with Crippen LogP contribution in [0, 0.1) is 0 Å². The van der Waals surface area contributed by atoms with E-state index in [1.165, 1.54) is 31.5 Å². The van der Waals surface area contributed by atoms with Crippen LogP contribution in [0.5, 0.6) is 0 Å². The first-order valence-corrected chi connectivity index (χ1v) is 8.23. The second kappa shape index (κ2) is 7.44. The Hall–Kier alpha value is -0.570. The molecule has 1 unspecified atom stereocenters. The SMILES string of the molecule is CCC(NC1CCN(C(C)C)CC1)c1ccc(Cl)cc1. The monoisotopic (exact) mass is 294 g/mol. The molecule has 1 aromatic carbocycles. The summed E-state index contributed by atoms with van der Waals surface area (Å²) in [6.07, 6.45) is 3.62. The lowest BCUT2D eigenvalue weighted by Gasteiger charge is -2.36. The third-order valence-corrected chi connectivity index (χ3v) is 4.63. The minimum Gasteiger partial charge on any atom is -0.307 e. The summed E-state index contributed by atoms with van der Waals surface area (Å²) in [5.41, 5.74) is 1.35. The number of halogens is 1. The Bertz CT molecular complexity index is 394. The van der Waals surface area contributed by atoms with Gasteiger partial charge >= 0.3 is 0 Å². The Morgan fingerprint density at radius 1 is 1.20 bits per heavy atom. The third-order valence-electron chi connectivity index (χ3n) is 4.38. The highest BCUT2D eigenvalue weighted by Crippen LogP contribution is 2.22. The van der Waals surface area contributed by atoms with E-state index in [0.717, 1.165) is 11.4 Å². The number of nitrogens with zero attached hydrogens (tertiary/aromatic N) is 1. The van der Waals surface area contributed by atoms with Crippen LogP contribution in [0.4, 0.5) is 0 Å². The Balaban J connectivity index is 1.89. The van der Waals surface area contributed by atoms with Gasteiger partial charge in [0, 0.05) is 23.1 Å². The molecular formula is C17H27ClN2. The fourth-order valence-electron chi connectivity index (χ4n) is 3.01. The van der Waals surface area contributed by atoms with Gasteiger partial charge in [0.15, 0.2) is 0 Å². The van der Waals surface area contributed by atoms with E-state index >= 15 is 0 Å². The van der Waals surface area contributed by atoms with Crippen LogP contribution in [0.2, 0.25) is 5.02 Å². The molecule has 1 atom stereocenters. The fourth-order valence-corrected chi connectivity index (χ4v) is 3.14. The lowest BCUT2D eigenvalue weighted by molar-refractivity contribution is 0.156. The Morgan fingerprint density at radius 3 is 2.30 bits per heavy atom. The molecule has 2 rings (SSSR count). The van der Waals surface area contributed by atoms with Crippen molar-refractivity contribution >= 4 is 11.6 Å². The molecule has 3 heteroatoms. The minimum absolute atomic E-state index is 0.447. The molecule has 0 saturated carbocycles. The topological polar surface area (TPSA) is 15.3 Å². The lowest BCUT2D eigenvalue weighted by atomic mass is 9.99. The zero-order chi connectivity index (χ0) is 14.5. The number of piperidine rings is 1. The second-order valence-electron chi connectivity index (χ2n) is 6.08. The predicted octanol–water partition coefficient (Wildman–Crippen LogP) is 4.25. The van der Waals surface area contributed by atoms with Crippen molar-refractivity contribution in [2.45, 2.75) is 58.2 Å². The van der Waals surface area contributed by atoms with Crippen molar-refractivity contribution in [2.75, 3.05) is 13.1 Å². The summed E-state index contributed by atoms with van der Waals surface area (Å²) < 4.78 is 0. The van der Waals surface area contributed by atoms with Gasteiger partial charge < -0.3 is 10.2 Å². The van der Waals surface area contributed by atoms with Crippen LogP contribution in [0.25, 0.3) is 0 Å². The van der Waals surface area contributed by atoms with Gasteiger partial charge in [-0.25, -0.2) is 0 Å². The molecule has 1 aromatic rings. The van der Waals surface area contributed by atoms with E-state index < -0.39 is 0 Å². The van der Waals surface area contributed by atoms with Crippen molar-refractivity contribution in [3.63, 3.8) is 0 Å².